The Morgan fingerprint density at radius 2 is 2.25 bits per heavy atom. The zero-order valence-corrected chi connectivity index (χ0v) is 13.0. The molecule has 0 aromatic carbocycles. The van der Waals surface area contributed by atoms with Crippen LogP contribution in [0.25, 0.3) is 10.2 Å². The minimum Gasteiger partial charge on any atom is -0.372 e. The molecule has 4 nitrogen and oxygen atoms in total. The summed E-state index contributed by atoms with van der Waals surface area (Å²) in [6.07, 6.45) is 3.94. The molecule has 1 aliphatic rings. The Kier molecular flexibility index (Phi) is 4.17. The van der Waals surface area contributed by atoms with Gasteiger partial charge in [0.25, 0.3) is 0 Å². The molecule has 2 aromatic rings. The van der Waals surface area contributed by atoms with Crippen LogP contribution in [0.5, 0.6) is 0 Å². The average Bonchev–Trinajstić information content (AvgIpc) is 2.82. The van der Waals surface area contributed by atoms with Crippen LogP contribution >= 0.6 is 11.3 Å². The second-order valence-electron chi connectivity index (χ2n) is 5.69. The van der Waals surface area contributed by atoms with Crippen molar-refractivity contribution >= 4 is 27.4 Å². The first-order valence-corrected chi connectivity index (χ1v) is 8.28. The van der Waals surface area contributed by atoms with E-state index >= 15 is 0 Å². The van der Waals surface area contributed by atoms with Gasteiger partial charge < -0.3 is 5.32 Å². The van der Waals surface area contributed by atoms with E-state index in [4.69, 9.17) is 4.98 Å². The molecule has 0 amide bonds. The van der Waals surface area contributed by atoms with Crippen molar-refractivity contribution < 1.29 is 0 Å². The molecule has 3 rings (SSSR count). The summed E-state index contributed by atoms with van der Waals surface area (Å²) in [7, 11) is 1.93. The Balaban J connectivity index is 1.79. The van der Waals surface area contributed by atoms with Crippen LogP contribution in [0, 0.1) is 5.92 Å². The van der Waals surface area contributed by atoms with Gasteiger partial charge in [-0.1, -0.05) is 6.92 Å². The Morgan fingerprint density at radius 1 is 1.35 bits per heavy atom. The van der Waals surface area contributed by atoms with Crippen molar-refractivity contribution in [2.75, 3.05) is 25.5 Å². The SMILES string of the molecule is CNc1nc(CN2CCCC(C)CC2)nc2sccc12. The van der Waals surface area contributed by atoms with Crippen LogP contribution in [0.3, 0.4) is 0 Å². The highest BCUT2D eigenvalue weighted by atomic mass is 32.1. The van der Waals surface area contributed by atoms with Gasteiger partial charge in [0.2, 0.25) is 0 Å². The molecular formula is C15H22N4S. The topological polar surface area (TPSA) is 41.1 Å². The van der Waals surface area contributed by atoms with Gasteiger partial charge in [0.15, 0.2) is 0 Å². The van der Waals surface area contributed by atoms with E-state index < -0.39 is 0 Å². The molecule has 108 valence electrons. The van der Waals surface area contributed by atoms with Crippen molar-refractivity contribution in [1.29, 1.82) is 0 Å². The summed E-state index contributed by atoms with van der Waals surface area (Å²) < 4.78 is 0. The molecular weight excluding hydrogens is 268 g/mol. The Bertz CT molecular complexity index is 580. The second-order valence-corrected chi connectivity index (χ2v) is 6.58. The lowest BCUT2D eigenvalue weighted by Crippen LogP contribution is -2.25. The third-order valence-corrected chi connectivity index (χ3v) is 4.89. The van der Waals surface area contributed by atoms with Gasteiger partial charge >= 0.3 is 0 Å². The molecule has 3 heterocycles. The normalized spacial score (nSPS) is 21.0. The van der Waals surface area contributed by atoms with Crippen LogP contribution in [0.1, 0.15) is 32.0 Å². The smallest absolute Gasteiger partial charge is 0.146 e. The van der Waals surface area contributed by atoms with Gasteiger partial charge in [0, 0.05) is 7.05 Å². The van der Waals surface area contributed by atoms with Crippen LogP contribution in [0.2, 0.25) is 0 Å². The number of hydrogen-bond donors (Lipinski definition) is 1. The molecule has 1 unspecified atom stereocenters. The average molecular weight is 290 g/mol. The maximum Gasteiger partial charge on any atom is 0.146 e. The van der Waals surface area contributed by atoms with Crippen LogP contribution in [0.4, 0.5) is 5.82 Å². The molecule has 0 aliphatic carbocycles. The maximum absolute atomic E-state index is 4.71. The van der Waals surface area contributed by atoms with E-state index in [1.807, 2.05) is 7.05 Å². The number of thiophene rings is 1. The highest BCUT2D eigenvalue weighted by Gasteiger charge is 2.16. The van der Waals surface area contributed by atoms with Crippen molar-refractivity contribution in [3.63, 3.8) is 0 Å². The molecule has 1 fully saturated rings. The molecule has 0 spiro atoms. The summed E-state index contributed by atoms with van der Waals surface area (Å²) in [5.41, 5.74) is 0. The van der Waals surface area contributed by atoms with Gasteiger partial charge in [0.1, 0.15) is 16.5 Å². The first kappa shape index (κ1) is 13.8. The summed E-state index contributed by atoms with van der Waals surface area (Å²) in [5.74, 6) is 2.75. The molecule has 2 aromatic heterocycles. The summed E-state index contributed by atoms with van der Waals surface area (Å²) in [4.78, 5) is 13.0. The number of likely N-dealkylation sites (tertiary alicyclic amines) is 1. The summed E-state index contributed by atoms with van der Waals surface area (Å²) in [5, 5.41) is 6.40. The zero-order valence-electron chi connectivity index (χ0n) is 12.2. The van der Waals surface area contributed by atoms with Crippen molar-refractivity contribution in [3.8, 4) is 0 Å². The third kappa shape index (κ3) is 2.94. The molecule has 20 heavy (non-hydrogen) atoms. The molecule has 0 bridgehead atoms. The van der Waals surface area contributed by atoms with Gasteiger partial charge in [-0.15, -0.1) is 11.3 Å². The molecule has 5 heteroatoms. The van der Waals surface area contributed by atoms with Crippen molar-refractivity contribution in [2.24, 2.45) is 5.92 Å². The van der Waals surface area contributed by atoms with Gasteiger partial charge in [0.05, 0.1) is 11.9 Å². The molecule has 1 saturated heterocycles. The lowest BCUT2D eigenvalue weighted by Gasteiger charge is -2.19. The largest absolute Gasteiger partial charge is 0.372 e. The number of aromatic nitrogens is 2. The van der Waals surface area contributed by atoms with Gasteiger partial charge in [-0.25, -0.2) is 9.97 Å². The Labute approximate surface area is 124 Å². The van der Waals surface area contributed by atoms with Crippen molar-refractivity contribution in [3.05, 3.63) is 17.3 Å². The standard InChI is InChI=1S/C15H22N4S/c1-11-4-3-7-19(8-5-11)10-13-17-14(16-2)12-6-9-20-15(12)18-13/h6,9,11H,3-5,7-8,10H2,1-2H3,(H,16,17,18). The summed E-state index contributed by atoms with van der Waals surface area (Å²) in [6, 6.07) is 2.09. The van der Waals surface area contributed by atoms with E-state index in [-0.39, 0.29) is 0 Å². The highest BCUT2D eigenvalue weighted by molar-refractivity contribution is 7.16. The van der Waals surface area contributed by atoms with E-state index in [0.29, 0.717) is 0 Å². The van der Waals surface area contributed by atoms with Gasteiger partial charge in [-0.05, 0) is 49.7 Å². The molecule has 1 atom stereocenters. The highest BCUT2D eigenvalue weighted by Crippen LogP contribution is 2.25. The molecule has 1 aliphatic heterocycles. The summed E-state index contributed by atoms with van der Waals surface area (Å²) >= 11 is 1.69. The van der Waals surface area contributed by atoms with Crippen LogP contribution < -0.4 is 5.32 Å². The van der Waals surface area contributed by atoms with Crippen molar-refractivity contribution in [2.45, 2.75) is 32.7 Å². The van der Waals surface area contributed by atoms with Crippen LogP contribution in [-0.2, 0) is 6.54 Å². The number of anilines is 1. The molecule has 1 N–H and O–H groups in total. The number of hydrogen-bond acceptors (Lipinski definition) is 5. The van der Waals surface area contributed by atoms with Crippen molar-refractivity contribution in [1.82, 2.24) is 14.9 Å². The van der Waals surface area contributed by atoms with E-state index in [2.05, 4.69) is 33.6 Å². The zero-order chi connectivity index (χ0) is 13.9. The number of nitrogens with zero attached hydrogens (tertiary/aromatic N) is 3. The Morgan fingerprint density at radius 3 is 3.10 bits per heavy atom. The number of rotatable bonds is 3. The Hall–Kier alpha value is -1.20. The number of fused-ring (bicyclic) bond motifs is 1. The predicted molar refractivity (Wildman–Crippen MR) is 85.3 cm³/mol. The van der Waals surface area contributed by atoms with E-state index in [1.165, 1.54) is 32.4 Å². The summed E-state index contributed by atoms with van der Waals surface area (Å²) in [6.45, 7) is 5.57. The van der Waals surface area contributed by atoms with E-state index in [9.17, 15) is 0 Å². The fourth-order valence-corrected chi connectivity index (χ4v) is 3.62. The molecule has 0 radical (unpaired) electrons. The van der Waals surface area contributed by atoms with Crippen LogP contribution in [-0.4, -0.2) is 35.0 Å². The lowest BCUT2D eigenvalue weighted by molar-refractivity contribution is 0.267. The minimum absolute atomic E-state index is 0.855. The van der Waals surface area contributed by atoms with E-state index in [1.54, 1.807) is 11.3 Å². The first-order valence-electron chi connectivity index (χ1n) is 7.40. The number of nitrogens with one attached hydrogen (secondary N) is 1. The fourth-order valence-electron chi connectivity index (χ4n) is 2.84. The third-order valence-electron chi connectivity index (χ3n) is 4.08. The first-order chi connectivity index (χ1) is 9.76. The van der Waals surface area contributed by atoms with Crippen LogP contribution in [0.15, 0.2) is 11.4 Å². The van der Waals surface area contributed by atoms with Gasteiger partial charge in [-0.2, -0.15) is 0 Å². The molecule has 0 saturated carbocycles. The van der Waals surface area contributed by atoms with E-state index in [0.717, 1.165) is 34.3 Å². The lowest BCUT2D eigenvalue weighted by atomic mass is 10.0. The second kappa shape index (κ2) is 6.06. The van der Waals surface area contributed by atoms with Gasteiger partial charge in [-0.3, -0.25) is 4.90 Å². The minimum atomic E-state index is 0.855. The maximum atomic E-state index is 4.71. The predicted octanol–water partition coefficient (Wildman–Crippen LogP) is 3.36. The quantitative estimate of drug-likeness (QED) is 0.941. The fraction of sp³-hybridized carbons (Fsp3) is 0.600. The monoisotopic (exact) mass is 290 g/mol.